The van der Waals surface area contributed by atoms with Gasteiger partial charge in [0, 0.05) is 0 Å². The van der Waals surface area contributed by atoms with Crippen LogP contribution >= 0.6 is 0 Å². The Morgan fingerprint density at radius 2 is 1.80 bits per heavy atom. The SMILES string of the molecule is C/C=C(C)/C=C/C=C(C)/C=C\C1=C(C)CCCC1(C)C. The first-order chi connectivity index (χ1) is 9.36. The van der Waals surface area contributed by atoms with Crippen LogP contribution in [0.3, 0.4) is 0 Å². The minimum atomic E-state index is 0.330. The van der Waals surface area contributed by atoms with Crippen molar-refractivity contribution in [2.45, 2.75) is 60.8 Å². The second-order valence-corrected chi connectivity index (χ2v) is 6.57. The summed E-state index contributed by atoms with van der Waals surface area (Å²) in [5.41, 5.74) is 6.02. The summed E-state index contributed by atoms with van der Waals surface area (Å²) in [6, 6.07) is 0. The van der Waals surface area contributed by atoms with Gasteiger partial charge < -0.3 is 0 Å². The maximum atomic E-state index is 2.36. The molecule has 0 heteroatoms. The number of allylic oxidation sites excluding steroid dienone is 10. The summed E-state index contributed by atoms with van der Waals surface area (Å²) < 4.78 is 0. The predicted molar refractivity (Wildman–Crippen MR) is 91.8 cm³/mol. The van der Waals surface area contributed by atoms with Gasteiger partial charge in [-0.15, -0.1) is 0 Å². The zero-order valence-corrected chi connectivity index (χ0v) is 14.1. The minimum Gasteiger partial charge on any atom is -0.0847 e. The van der Waals surface area contributed by atoms with Crippen molar-refractivity contribution < 1.29 is 0 Å². The van der Waals surface area contributed by atoms with Crippen LogP contribution in [0.15, 0.2) is 58.7 Å². The van der Waals surface area contributed by atoms with E-state index in [1.807, 2.05) is 0 Å². The normalized spacial score (nSPS) is 21.3. The van der Waals surface area contributed by atoms with E-state index in [2.05, 4.69) is 78.0 Å². The second kappa shape index (κ2) is 7.47. The molecule has 0 heterocycles. The van der Waals surface area contributed by atoms with Crippen LogP contribution in [0.5, 0.6) is 0 Å². The molecule has 0 aromatic rings. The van der Waals surface area contributed by atoms with Gasteiger partial charge in [0.1, 0.15) is 0 Å². The molecule has 0 spiro atoms. The third kappa shape index (κ3) is 5.00. The van der Waals surface area contributed by atoms with Gasteiger partial charge >= 0.3 is 0 Å². The van der Waals surface area contributed by atoms with Crippen LogP contribution in [-0.2, 0) is 0 Å². The highest BCUT2D eigenvalue weighted by Crippen LogP contribution is 2.40. The Hall–Kier alpha value is -1.30. The van der Waals surface area contributed by atoms with E-state index in [1.54, 1.807) is 5.57 Å². The Balaban J connectivity index is 2.81. The summed E-state index contributed by atoms with van der Waals surface area (Å²) in [7, 11) is 0. The molecule has 0 amide bonds. The smallest absolute Gasteiger partial charge is 0.0104 e. The average molecular weight is 270 g/mol. The average Bonchev–Trinajstić information content (AvgIpc) is 2.37. The fourth-order valence-corrected chi connectivity index (χ4v) is 2.73. The van der Waals surface area contributed by atoms with E-state index in [0.29, 0.717) is 5.41 Å². The first kappa shape index (κ1) is 16.8. The topological polar surface area (TPSA) is 0 Å². The maximum Gasteiger partial charge on any atom is -0.0104 e. The van der Waals surface area contributed by atoms with Crippen LogP contribution in [0, 0.1) is 5.41 Å². The summed E-state index contributed by atoms with van der Waals surface area (Å²) in [5, 5.41) is 0. The summed E-state index contributed by atoms with van der Waals surface area (Å²) in [6.07, 6.45) is 17.0. The van der Waals surface area contributed by atoms with E-state index in [4.69, 9.17) is 0 Å². The molecule has 0 N–H and O–H groups in total. The van der Waals surface area contributed by atoms with E-state index in [-0.39, 0.29) is 0 Å². The van der Waals surface area contributed by atoms with Crippen molar-refractivity contribution in [3.63, 3.8) is 0 Å². The minimum absolute atomic E-state index is 0.330. The van der Waals surface area contributed by atoms with Crippen molar-refractivity contribution in [2.75, 3.05) is 0 Å². The van der Waals surface area contributed by atoms with E-state index in [1.165, 1.54) is 36.0 Å². The van der Waals surface area contributed by atoms with Crippen LogP contribution in [0.2, 0.25) is 0 Å². The van der Waals surface area contributed by atoms with Gasteiger partial charge in [0.15, 0.2) is 0 Å². The lowest BCUT2D eigenvalue weighted by molar-refractivity contribution is 0.377. The zero-order valence-electron chi connectivity index (χ0n) is 14.1. The molecule has 1 rings (SSSR count). The number of hydrogen-bond donors (Lipinski definition) is 0. The fraction of sp³-hybridized carbons (Fsp3) is 0.500. The van der Waals surface area contributed by atoms with Crippen molar-refractivity contribution >= 4 is 0 Å². The van der Waals surface area contributed by atoms with Crippen LogP contribution in [0.1, 0.15) is 60.8 Å². The largest absolute Gasteiger partial charge is 0.0847 e. The summed E-state index contributed by atoms with van der Waals surface area (Å²) >= 11 is 0. The summed E-state index contributed by atoms with van der Waals surface area (Å²) in [6.45, 7) is 13.4. The zero-order chi connectivity index (χ0) is 15.2. The standard InChI is InChI=1S/C20H30/c1-7-16(2)10-8-11-17(3)13-14-19-18(4)12-9-15-20(19,5)6/h7-8,10-11,13-14H,9,12,15H2,1-6H3/b10-8+,14-13-,16-7+,17-11+. The van der Waals surface area contributed by atoms with E-state index in [0.717, 1.165) is 0 Å². The molecule has 110 valence electrons. The highest BCUT2D eigenvalue weighted by Gasteiger charge is 2.26. The van der Waals surface area contributed by atoms with Crippen molar-refractivity contribution in [3.8, 4) is 0 Å². The van der Waals surface area contributed by atoms with Gasteiger partial charge in [-0.3, -0.25) is 0 Å². The Morgan fingerprint density at radius 3 is 2.40 bits per heavy atom. The molecule has 0 nitrogen and oxygen atoms in total. The van der Waals surface area contributed by atoms with Gasteiger partial charge in [0.05, 0.1) is 0 Å². The first-order valence-corrected chi connectivity index (χ1v) is 7.73. The summed E-state index contributed by atoms with van der Waals surface area (Å²) in [4.78, 5) is 0. The van der Waals surface area contributed by atoms with Crippen LogP contribution in [0.25, 0.3) is 0 Å². The predicted octanol–water partition coefficient (Wildman–Crippen LogP) is 6.54. The van der Waals surface area contributed by atoms with Crippen LogP contribution in [0.4, 0.5) is 0 Å². The molecule has 1 aliphatic rings. The maximum absolute atomic E-state index is 2.36. The van der Waals surface area contributed by atoms with Crippen molar-refractivity contribution in [3.05, 3.63) is 58.7 Å². The third-order valence-electron chi connectivity index (χ3n) is 4.23. The molecular formula is C20H30. The Kier molecular flexibility index (Phi) is 6.26. The molecule has 0 atom stereocenters. The first-order valence-electron chi connectivity index (χ1n) is 7.73. The third-order valence-corrected chi connectivity index (χ3v) is 4.23. The van der Waals surface area contributed by atoms with Crippen LogP contribution < -0.4 is 0 Å². The van der Waals surface area contributed by atoms with Crippen molar-refractivity contribution in [1.29, 1.82) is 0 Å². The van der Waals surface area contributed by atoms with Crippen molar-refractivity contribution in [2.24, 2.45) is 5.41 Å². The summed E-state index contributed by atoms with van der Waals surface area (Å²) in [5.74, 6) is 0. The molecule has 1 aliphatic carbocycles. The second-order valence-electron chi connectivity index (χ2n) is 6.57. The number of hydrogen-bond acceptors (Lipinski definition) is 0. The lowest BCUT2D eigenvalue weighted by Gasteiger charge is -2.32. The van der Waals surface area contributed by atoms with Gasteiger partial charge in [-0.2, -0.15) is 0 Å². The van der Waals surface area contributed by atoms with E-state index >= 15 is 0 Å². The molecule has 0 saturated heterocycles. The molecule has 0 fully saturated rings. The Labute approximate surface area is 125 Å². The molecule has 0 aromatic carbocycles. The van der Waals surface area contributed by atoms with Crippen LogP contribution in [-0.4, -0.2) is 0 Å². The lowest BCUT2D eigenvalue weighted by Crippen LogP contribution is -2.19. The highest BCUT2D eigenvalue weighted by molar-refractivity contribution is 5.37. The molecule has 0 aliphatic heterocycles. The van der Waals surface area contributed by atoms with Gasteiger partial charge in [-0.25, -0.2) is 0 Å². The molecule has 0 aromatic heterocycles. The molecular weight excluding hydrogens is 240 g/mol. The quantitative estimate of drug-likeness (QED) is 0.509. The highest BCUT2D eigenvalue weighted by atomic mass is 14.3. The fourth-order valence-electron chi connectivity index (χ4n) is 2.73. The van der Waals surface area contributed by atoms with Crippen molar-refractivity contribution in [1.82, 2.24) is 0 Å². The van der Waals surface area contributed by atoms with E-state index < -0.39 is 0 Å². The lowest BCUT2D eigenvalue weighted by atomic mass is 9.72. The van der Waals surface area contributed by atoms with Gasteiger partial charge in [-0.1, -0.05) is 67.0 Å². The monoisotopic (exact) mass is 270 g/mol. The van der Waals surface area contributed by atoms with E-state index in [9.17, 15) is 0 Å². The Morgan fingerprint density at radius 1 is 1.10 bits per heavy atom. The molecule has 0 radical (unpaired) electrons. The van der Waals surface area contributed by atoms with Gasteiger partial charge in [-0.05, 0) is 57.9 Å². The molecule has 0 bridgehead atoms. The Bertz CT molecular complexity index is 476. The molecule has 0 unspecified atom stereocenters. The van der Waals surface area contributed by atoms with Gasteiger partial charge in [0.25, 0.3) is 0 Å². The molecule has 20 heavy (non-hydrogen) atoms. The molecule has 0 saturated carbocycles. The van der Waals surface area contributed by atoms with Gasteiger partial charge in [0.2, 0.25) is 0 Å². The number of rotatable bonds is 4.